The van der Waals surface area contributed by atoms with Crippen LogP contribution in [0.25, 0.3) is 0 Å². The molecule has 0 N–H and O–H groups in total. The average Bonchev–Trinajstić information content (AvgIpc) is 3.09. The Morgan fingerprint density at radius 3 is 2.64 bits per heavy atom. The van der Waals surface area contributed by atoms with Gasteiger partial charge in [0.2, 0.25) is 0 Å². The summed E-state index contributed by atoms with van der Waals surface area (Å²) in [6.45, 7) is 3.65. The molecule has 2 amide bonds. The number of cyclic esters (lactones) is 1. The molecule has 0 aromatic heterocycles. The number of nitrogens with zero attached hydrogens (tertiary/aromatic N) is 2. The number of carbonyl (C=O) groups is 2. The van der Waals surface area contributed by atoms with E-state index in [1.54, 1.807) is 28.0 Å². The molecule has 2 aromatic carbocycles. The van der Waals surface area contributed by atoms with Crippen molar-refractivity contribution >= 4 is 23.4 Å². The van der Waals surface area contributed by atoms with Crippen LogP contribution in [0.5, 0.6) is 0 Å². The topological polar surface area (TPSA) is 49.9 Å². The van der Waals surface area contributed by atoms with Gasteiger partial charge >= 0.3 is 6.09 Å². The normalized spacial score (nSPS) is 13.6. The van der Waals surface area contributed by atoms with Crippen LogP contribution in [0.1, 0.15) is 30.1 Å². The Balaban J connectivity index is 1.88. The van der Waals surface area contributed by atoms with Crippen LogP contribution in [0.2, 0.25) is 0 Å². The average molecular weight is 338 g/mol. The number of hydrogen-bond acceptors (Lipinski definition) is 3. The fourth-order valence-electron chi connectivity index (χ4n) is 2.86. The summed E-state index contributed by atoms with van der Waals surface area (Å²) in [6.07, 6.45) is 1.57. The molecule has 130 valence electrons. The maximum absolute atomic E-state index is 13.1. The van der Waals surface area contributed by atoms with Gasteiger partial charge in [-0.05, 0) is 36.8 Å². The lowest BCUT2D eigenvalue weighted by Gasteiger charge is -2.23. The Labute approximate surface area is 147 Å². The number of carbonyl (C=O) groups excluding carboxylic acids is 2. The van der Waals surface area contributed by atoms with Crippen molar-refractivity contribution in [3.63, 3.8) is 0 Å². The second-order valence-corrected chi connectivity index (χ2v) is 5.96. The molecule has 25 heavy (non-hydrogen) atoms. The zero-order valence-corrected chi connectivity index (χ0v) is 14.4. The van der Waals surface area contributed by atoms with E-state index in [-0.39, 0.29) is 12.0 Å². The smallest absolute Gasteiger partial charge is 0.414 e. The van der Waals surface area contributed by atoms with Gasteiger partial charge in [0.25, 0.3) is 5.91 Å². The Bertz CT molecular complexity index is 746. The summed E-state index contributed by atoms with van der Waals surface area (Å²) in [7, 11) is 0. The zero-order chi connectivity index (χ0) is 17.6. The van der Waals surface area contributed by atoms with Gasteiger partial charge in [0.1, 0.15) is 6.61 Å². The van der Waals surface area contributed by atoms with Crippen LogP contribution in [0.4, 0.5) is 16.2 Å². The third-order valence-electron chi connectivity index (χ3n) is 4.21. The Morgan fingerprint density at radius 1 is 1.16 bits per heavy atom. The van der Waals surface area contributed by atoms with Gasteiger partial charge in [-0.2, -0.15) is 0 Å². The Morgan fingerprint density at radius 2 is 1.96 bits per heavy atom. The molecule has 0 saturated carbocycles. The van der Waals surface area contributed by atoms with E-state index < -0.39 is 0 Å². The molecule has 0 bridgehead atoms. The van der Waals surface area contributed by atoms with Gasteiger partial charge in [-0.15, -0.1) is 0 Å². The van der Waals surface area contributed by atoms with E-state index in [1.165, 1.54) is 0 Å². The molecule has 5 nitrogen and oxygen atoms in total. The van der Waals surface area contributed by atoms with Crippen LogP contribution < -0.4 is 9.80 Å². The highest BCUT2D eigenvalue weighted by Gasteiger charge is 2.25. The first-order valence-corrected chi connectivity index (χ1v) is 8.62. The largest absolute Gasteiger partial charge is 0.447 e. The number of anilines is 2. The van der Waals surface area contributed by atoms with E-state index in [2.05, 4.69) is 6.92 Å². The fourth-order valence-corrected chi connectivity index (χ4v) is 2.86. The highest BCUT2D eigenvalue weighted by Crippen LogP contribution is 2.23. The summed E-state index contributed by atoms with van der Waals surface area (Å²) in [6, 6.07) is 16.8. The predicted molar refractivity (Wildman–Crippen MR) is 98.2 cm³/mol. The fraction of sp³-hybridized carbons (Fsp3) is 0.300. The van der Waals surface area contributed by atoms with Crippen molar-refractivity contribution in [2.75, 3.05) is 29.5 Å². The van der Waals surface area contributed by atoms with E-state index in [4.69, 9.17) is 4.74 Å². The van der Waals surface area contributed by atoms with Gasteiger partial charge in [-0.1, -0.05) is 37.6 Å². The number of para-hydroxylation sites is 1. The van der Waals surface area contributed by atoms with Crippen LogP contribution in [0, 0.1) is 0 Å². The van der Waals surface area contributed by atoms with Gasteiger partial charge in [0.15, 0.2) is 0 Å². The minimum absolute atomic E-state index is 0.0611. The van der Waals surface area contributed by atoms with Crippen molar-refractivity contribution in [2.45, 2.75) is 19.8 Å². The first-order valence-electron chi connectivity index (χ1n) is 8.62. The van der Waals surface area contributed by atoms with Crippen LogP contribution >= 0.6 is 0 Å². The number of benzene rings is 2. The summed E-state index contributed by atoms with van der Waals surface area (Å²) in [5.41, 5.74) is 2.14. The van der Waals surface area contributed by atoms with E-state index >= 15 is 0 Å². The van der Waals surface area contributed by atoms with Gasteiger partial charge in [-0.25, -0.2) is 4.79 Å². The molecular formula is C20H22N2O3. The second-order valence-electron chi connectivity index (χ2n) is 5.96. The first kappa shape index (κ1) is 17.0. The molecule has 1 heterocycles. The number of unbranched alkanes of at least 4 members (excludes halogenated alkanes) is 1. The van der Waals surface area contributed by atoms with Gasteiger partial charge in [0, 0.05) is 23.5 Å². The minimum Gasteiger partial charge on any atom is -0.447 e. The van der Waals surface area contributed by atoms with Crippen LogP contribution in [-0.2, 0) is 4.74 Å². The van der Waals surface area contributed by atoms with Gasteiger partial charge < -0.3 is 9.64 Å². The molecule has 0 spiro atoms. The van der Waals surface area contributed by atoms with Crippen molar-refractivity contribution in [3.05, 3.63) is 60.2 Å². The summed E-state index contributed by atoms with van der Waals surface area (Å²) >= 11 is 0. The van der Waals surface area contributed by atoms with Crippen molar-refractivity contribution < 1.29 is 14.3 Å². The van der Waals surface area contributed by atoms with Crippen molar-refractivity contribution in [3.8, 4) is 0 Å². The third-order valence-corrected chi connectivity index (χ3v) is 4.21. The summed E-state index contributed by atoms with van der Waals surface area (Å²) in [5.74, 6) is -0.0611. The third kappa shape index (κ3) is 3.82. The summed E-state index contributed by atoms with van der Waals surface area (Å²) in [4.78, 5) is 28.2. The SMILES string of the molecule is CCCCN(C(=O)c1cccc(N2CCOC2=O)c1)c1ccccc1. The maximum Gasteiger partial charge on any atom is 0.414 e. The van der Waals surface area contributed by atoms with Crippen LogP contribution in [0.3, 0.4) is 0 Å². The van der Waals surface area contributed by atoms with Gasteiger partial charge in [0.05, 0.1) is 6.54 Å². The molecule has 0 radical (unpaired) electrons. The summed E-state index contributed by atoms with van der Waals surface area (Å²) in [5, 5.41) is 0. The van der Waals surface area contributed by atoms with E-state index in [0.29, 0.717) is 30.9 Å². The lowest BCUT2D eigenvalue weighted by atomic mass is 10.1. The van der Waals surface area contributed by atoms with Crippen molar-refractivity contribution in [2.24, 2.45) is 0 Å². The number of ether oxygens (including phenoxy) is 1. The maximum atomic E-state index is 13.1. The van der Waals surface area contributed by atoms with Crippen LogP contribution in [-0.4, -0.2) is 31.7 Å². The molecular weight excluding hydrogens is 316 g/mol. The molecule has 0 aliphatic carbocycles. The van der Waals surface area contributed by atoms with Crippen molar-refractivity contribution in [1.82, 2.24) is 0 Å². The molecule has 3 rings (SSSR count). The second kappa shape index (κ2) is 7.83. The monoisotopic (exact) mass is 338 g/mol. The van der Waals surface area contributed by atoms with Crippen LogP contribution in [0.15, 0.2) is 54.6 Å². The molecule has 1 aliphatic rings. The molecule has 2 aromatic rings. The molecule has 5 heteroatoms. The molecule has 1 saturated heterocycles. The van der Waals surface area contributed by atoms with E-state index in [0.717, 1.165) is 18.5 Å². The van der Waals surface area contributed by atoms with Crippen molar-refractivity contribution in [1.29, 1.82) is 0 Å². The molecule has 1 fully saturated rings. The number of hydrogen-bond donors (Lipinski definition) is 0. The summed E-state index contributed by atoms with van der Waals surface area (Å²) < 4.78 is 4.98. The predicted octanol–water partition coefficient (Wildman–Crippen LogP) is 4.09. The first-order chi connectivity index (χ1) is 12.2. The quantitative estimate of drug-likeness (QED) is 0.797. The molecule has 0 unspecified atom stereocenters. The number of amides is 2. The highest BCUT2D eigenvalue weighted by molar-refractivity contribution is 6.07. The lowest BCUT2D eigenvalue weighted by molar-refractivity contribution is 0.0986. The Hall–Kier alpha value is -2.82. The van der Waals surface area contributed by atoms with E-state index in [1.807, 2.05) is 36.4 Å². The Kier molecular flexibility index (Phi) is 5.33. The van der Waals surface area contributed by atoms with E-state index in [9.17, 15) is 9.59 Å². The standard InChI is InChI=1S/C20H22N2O3/c1-2-3-12-21(17-9-5-4-6-10-17)19(23)16-8-7-11-18(15-16)22-13-14-25-20(22)24/h4-11,15H,2-3,12-14H2,1H3. The molecule has 1 aliphatic heterocycles. The zero-order valence-electron chi connectivity index (χ0n) is 14.4. The lowest BCUT2D eigenvalue weighted by Crippen LogP contribution is -2.32. The number of rotatable bonds is 6. The molecule has 0 atom stereocenters. The highest BCUT2D eigenvalue weighted by atomic mass is 16.6. The van der Waals surface area contributed by atoms with Gasteiger partial charge in [-0.3, -0.25) is 9.69 Å². The minimum atomic E-state index is -0.365.